The van der Waals surface area contributed by atoms with Gasteiger partial charge in [-0.3, -0.25) is 4.79 Å². The van der Waals surface area contributed by atoms with Gasteiger partial charge < -0.3 is 4.48 Å². The molecule has 75 valence electrons. The Morgan fingerprint density at radius 2 is 2.27 bits per heavy atom. The predicted molar refractivity (Wildman–Crippen MR) is 60.4 cm³/mol. The van der Waals surface area contributed by atoms with Gasteiger partial charge in [-0.05, 0) is 6.26 Å². The normalized spacial score (nSPS) is 10.5. The molecule has 0 aromatic carbocycles. The summed E-state index contributed by atoms with van der Waals surface area (Å²) >= 11 is 1.45. The van der Waals surface area contributed by atoms with Gasteiger partial charge in [0.15, 0.2) is 11.2 Å². The van der Waals surface area contributed by atoms with Crippen molar-refractivity contribution in [1.29, 1.82) is 0 Å². The lowest BCUT2D eigenvalue weighted by molar-refractivity contribution is 1.00. The molecule has 0 bridgehead atoms. The summed E-state index contributed by atoms with van der Waals surface area (Å²) < 4.78 is 1.39. The van der Waals surface area contributed by atoms with Gasteiger partial charge in [0.1, 0.15) is 5.03 Å². The van der Waals surface area contributed by atoms with Gasteiger partial charge in [0.2, 0.25) is 0 Å². The maximum atomic E-state index is 11.8. The first kappa shape index (κ1) is 10.2. The van der Waals surface area contributed by atoms with Crippen LogP contribution in [0.1, 0.15) is 0 Å². The number of fused-ring (bicyclic) bond motifs is 1. The first-order valence-electron chi connectivity index (χ1n) is 4.33. The van der Waals surface area contributed by atoms with E-state index in [1.807, 2.05) is 6.26 Å². The van der Waals surface area contributed by atoms with Crippen molar-refractivity contribution in [1.82, 2.24) is 19.4 Å². The summed E-state index contributed by atoms with van der Waals surface area (Å²) in [5.74, 6) is 0. The third kappa shape index (κ3) is 1.74. The van der Waals surface area contributed by atoms with Crippen molar-refractivity contribution < 1.29 is 0 Å². The average Bonchev–Trinajstić information content (AvgIpc) is 2.29. The standard InChI is InChI=1S/C8H8BN4OS/c1-9-13-4-11-7-6(8(13)14)12-5(15-2)3-10-7/h3-4H,1-2H3. The third-order valence-electron chi connectivity index (χ3n) is 1.96. The molecule has 7 heteroatoms. The van der Waals surface area contributed by atoms with Crippen LogP contribution in [-0.4, -0.2) is 33.1 Å². The molecule has 2 aromatic heterocycles. The fourth-order valence-electron chi connectivity index (χ4n) is 1.18. The summed E-state index contributed by atoms with van der Waals surface area (Å²) in [5, 5.41) is 0.718. The molecular weight excluding hydrogens is 211 g/mol. The molecule has 1 radical (unpaired) electrons. The van der Waals surface area contributed by atoms with Crippen molar-refractivity contribution >= 4 is 30.3 Å². The van der Waals surface area contributed by atoms with Crippen LogP contribution in [0, 0.1) is 0 Å². The van der Waals surface area contributed by atoms with Gasteiger partial charge in [-0.15, -0.1) is 11.8 Å². The van der Waals surface area contributed by atoms with Crippen LogP contribution < -0.4 is 5.56 Å². The molecule has 5 nitrogen and oxygen atoms in total. The van der Waals surface area contributed by atoms with Crippen molar-refractivity contribution in [3.8, 4) is 0 Å². The van der Waals surface area contributed by atoms with E-state index < -0.39 is 0 Å². The van der Waals surface area contributed by atoms with Crippen molar-refractivity contribution in [2.45, 2.75) is 11.8 Å². The maximum absolute atomic E-state index is 11.8. The van der Waals surface area contributed by atoms with Crippen LogP contribution >= 0.6 is 11.8 Å². The van der Waals surface area contributed by atoms with Crippen molar-refractivity contribution in [2.75, 3.05) is 6.26 Å². The van der Waals surface area contributed by atoms with Gasteiger partial charge in [0, 0.05) is 0 Å². The van der Waals surface area contributed by atoms with Crippen LogP contribution in [0.5, 0.6) is 0 Å². The number of thioether (sulfide) groups is 1. The number of hydrogen-bond donors (Lipinski definition) is 0. The van der Waals surface area contributed by atoms with E-state index in [0.29, 0.717) is 11.2 Å². The van der Waals surface area contributed by atoms with Crippen LogP contribution in [0.2, 0.25) is 6.82 Å². The molecule has 0 aliphatic heterocycles. The second kappa shape index (κ2) is 4.02. The van der Waals surface area contributed by atoms with Crippen LogP contribution in [0.3, 0.4) is 0 Å². The van der Waals surface area contributed by atoms with Gasteiger partial charge in [-0.2, -0.15) is 0 Å². The van der Waals surface area contributed by atoms with E-state index in [-0.39, 0.29) is 5.56 Å². The zero-order chi connectivity index (χ0) is 10.8. The highest BCUT2D eigenvalue weighted by Crippen LogP contribution is 2.10. The Bertz CT molecular complexity index is 551. The topological polar surface area (TPSA) is 60.7 Å². The fraction of sp³-hybridized carbons (Fsp3) is 0.250. The Labute approximate surface area is 91.2 Å². The van der Waals surface area contributed by atoms with Crippen LogP contribution in [0.4, 0.5) is 0 Å². The van der Waals surface area contributed by atoms with E-state index in [2.05, 4.69) is 15.0 Å². The van der Waals surface area contributed by atoms with Gasteiger partial charge in [-0.25, -0.2) is 15.0 Å². The molecule has 0 aliphatic carbocycles. The molecule has 0 saturated carbocycles. The SMILES string of the molecule is C[B]n1cnc2ncc(SC)nc2c1=O. The van der Waals surface area contributed by atoms with Crippen molar-refractivity contribution in [3.63, 3.8) is 0 Å². The molecule has 0 fully saturated rings. The fourth-order valence-corrected chi connectivity index (χ4v) is 1.52. The monoisotopic (exact) mass is 219 g/mol. The van der Waals surface area contributed by atoms with E-state index in [4.69, 9.17) is 0 Å². The summed E-state index contributed by atoms with van der Waals surface area (Å²) in [6, 6.07) is 0. The predicted octanol–water partition coefficient (Wildman–Crippen LogP) is 0.424. The lowest BCUT2D eigenvalue weighted by Gasteiger charge is -2.02. The van der Waals surface area contributed by atoms with Gasteiger partial charge in [0.05, 0.1) is 12.5 Å². The first-order chi connectivity index (χ1) is 7.26. The molecule has 0 atom stereocenters. The molecule has 0 amide bonds. The lowest BCUT2D eigenvalue weighted by atomic mass is 10.00. The molecule has 0 aliphatic rings. The van der Waals surface area contributed by atoms with Gasteiger partial charge in [-0.1, -0.05) is 6.82 Å². The molecular formula is C8H8BN4OS. The Kier molecular flexibility index (Phi) is 2.72. The Hall–Kier alpha value is -1.37. The number of aromatic nitrogens is 4. The number of hydrogen-bond acceptors (Lipinski definition) is 5. The number of nitrogens with zero attached hydrogens (tertiary/aromatic N) is 4. The minimum Gasteiger partial charge on any atom is -0.348 e. The second-order valence-electron chi connectivity index (χ2n) is 2.80. The summed E-state index contributed by atoms with van der Waals surface area (Å²) in [7, 11) is 1.64. The van der Waals surface area contributed by atoms with Crippen LogP contribution in [-0.2, 0) is 0 Å². The van der Waals surface area contributed by atoms with Crippen LogP contribution in [0.25, 0.3) is 11.2 Å². The Morgan fingerprint density at radius 3 is 2.93 bits per heavy atom. The van der Waals surface area contributed by atoms with Gasteiger partial charge >= 0.3 is 0 Å². The first-order valence-corrected chi connectivity index (χ1v) is 5.56. The summed E-state index contributed by atoms with van der Waals surface area (Å²) in [6.07, 6.45) is 4.94. The quantitative estimate of drug-likeness (QED) is 0.541. The minimum absolute atomic E-state index is 0.189. The molecule has 0 unspecified atom stereocenters. The van der Waals surface area contributed by atoms with Crippen molar-refractivity contribution in [3.05, 3.63) is 22.9 Å². The second-order valence-corrected chi connectivity index (χ2v) is 3.63. The maximum Gasteiger partial charge on any atom is 0.269 e. The zero-order valence-corrected chi connectivity index (χ0v) is 9.15. The zero-order valence-electron chi connectivity index (χ0n) is 8.34. The highest BCUT2D eigenvalue weighted by atomic mass is 32.2. The highest BCUT2D eigenvalue weighted by Gasteiger charge is 2.06. The summed E-state index contributed by atoms with van der Waals surface area (Å²) in [6.45, 7) is 1.76. The molecule has 0 spiro atoms. The summed E-state index contributed by atoms with van der Waals surface area (Å²) in [5.41, 5.74) is 0.504. The number of rotatable bonds is 2. The smallest absolute Gasteiger partial charge is 0.269 e. The van der Waals surface area contributed by atoms with E-state index >= 15 is 0 Å². The minimum atomic E-state index is -0.189. The largest absolute Gasteiger partial charge is 0.348 e. The Morgan fingerprint density at radius 1 is 1.47 bits per heavy atom. The molecule has 15 heavy (non-hydrogen) atoms. The molecule has 0 N–H and O–H groups in total. The lowest BCUT2D eigenvalue weighted by Crippen LogP contribution is -2.24. The summed E-state index contributed by atoms with van der Waals surface area (Å²) in [4.78, 5) is 24.1. The van der Waals surface area contributed by atoms with E-state index in [0.717, 1.165) is 5.03 Å². The van der Waals surface area contributed by atoms with Crippen LogP contribution in [0.15, 0.2) is 22.3 Å². The van der Waals surface area contributed by atoms with E-state index in [9.17, 15) is 4.79 Å². The highest BCUT2D eigenvalue weighted by molar-refractivity contribution is 7.98. The molecule has 2 aromatic rings. The molecule has 0 saturated heterocycles. The van der Waals surface area contributed by atoms with Crippen molar-refractivity contribution in [2.24, 2.45) is 0 Å². The van der Waals surface area contributed by atoms with E-state index in [1.165, 1.54) is 22.6 Å². The molecule has 2 heterocycles. The average molecular weight is 219 g/mol. The third-order valence-corrected chi connectivity index (χ3v) is 2.57. The Balaban J connectivity index is 2.78. The van der Waals surface area contributed by atoms with Gasteiger partial charge in [0.25, 0.3) is 13.0 Å². The molecule has 2 rings (SSSR count). The van der Waals surface area contributed by atoms with E-state index in [1.54, 1.807) is 20.4 Å².